The van der Waals surface area contributed by atoms with Crippen LogP contribution in [0.4, 0.5) is 11.4 Å². The highest BCUT2D eigenvalue weighted by Crippen LogP contribution is 2.54. The zero-order valence-electron chi connectivity index (χ0n) is 25.1. The van der Waals surface area contributed by atoms with Gasteiger partial charge in [0, 0.05) is 16.5 Å². The molecule has 1 fully saturated rings. The van der Waals surface area contributed by atoms with Crippen molar-refractivity contribution in [3.8, 4) is 5.75 Å². The van der Waals surface area contributed by atoms with E-state index in [0.717, 1.165) is 28.0 Å². The van der Waals surface area contributed by atoms with E-state index in [1.165, 1.54) is 21.2 Å². The first kappa shape index (κ1) is 29.9. The average Bonchev–Trinajstić information content (AvgIpc) is 3.43. The number of fused-ring (bicyclic) bond motifs is 2. The monoisotopic (exact) mass is 627 g/mol. The molecule has 226 valence electrons. The van der Waals surface area contributed by atoms with Crippen LogP contribution in [0.25, 0.3) is 0 Å². The molecule has 1 N–H and O–H groups in total. The van der Waals surface area contributed by atoms with E-state index in [1.807, 2.05) is 43.3 Å². The van der Waals surface area contributed by atoms with Gasteiger partial charge in [0.25, 0.3) is 0 Å². The van der Waals surface area contributed by atoms with E-state index in [2.05, 4.69) is 26.1 Å². The first-order chi connectivity index (χ1) is 21.0. The molecule has 44 heavy (non-hydrogen) atoms. The molecule has 8 nitrogen and oxygen atoms in total. The van der Waals surface area contributed by atoms with Gasteiger partial charge in [0.05, 0.1) is 23.7 Å². The number of anilines is 2. The van der Waals surface area contributed by atoms with Gasteiger partial charge in [-0.25, -0.2) is 4.90 Å². The molecule has 3 unspecified atom stereocenters. The minimum atomic E-state index is -0.742. The van der Waals surface area contributed by atoms with Gasteiger partial charge in [-0.2, -0.15) is 0 Å². The van der Waals surface area contributed by atoms with E-state index < -0.39 is 17.1 Å². The van der Waals surface area contributed by atoms with Crippen LogP contribution in [-0.2, 0) is 26.3 Å². The molecule has 0 spiro atoms. The summed E-state index contributed by atoms with van der Waals surface area (Å²) in [6.45, 7) is 8.13. The lowest BCUT2D eigenvalue weighted by Gasteiger charge is -2.31. The third-order valence-electron chi connectivity index (χ3n) is 8.15. The number of aryl methyl sites for hydroxylation is 1. The summed E-state index contributed by atoms with van der Waals surface area (Å²) >= 11 is 2.25. The van der Waals surface area contributed by atoms with Gasteiger partial charge in [-0.3, -0.25) is 23.7 Å². The highest BCUT2D eigenvalue weighted by Gasteiger charge is 2.56. The van der Waals surface area contributed by atoms with Gasteiger partial charge in [0.1, 0.15) is 17.5 Å². The number of rotatable bonds is 6. The van der Waals surface area contributed by atoms with Crippen molar-refractivity contribution in [2.75, 3.05) is 17.3 Å². The van der Waals surface area contributed by atoms with E-state index >= 15 is 0 Å². The second kappa shape index (κ2) is 11.4. The topological polar surface area (TPSA) is 97.7 Å². The highest BCUT2D eigenvalue weighted by atomic mass is 32.2. The Labute approximate surface area is 264 Å². The molecule has 6 rings (SSSR count). The van der Waals surface area contributed by atoms with Crippen molar-refractivity contribution in [3.05, 3.63) is 104 Å². The van der Waals surface area contributed by atoms with Crippen molar-refractivity contribution in [1.82, 2.24) is 4.57 Å². The van der Waals surface area contributed by atoms with Crippen molar-refractivity contribution in [1.29, 1.82) is 0 Å². The maximum atomic E-state index is 14.1. The van der Waals surface area contributed by atoms with E-state index in [0.29, 0.717) is 27.0 Å². The standard InChI is InChI=1S/C34H33N3O5S2/c1-19-6-14-23(15-7-19)37-30(39)27-26(20-8-10-21(11-9-20)34(2,3)4)29-32(43-28(27)31(37)40)36(33(41)44-29)18-25(38)35-22-12-16-24(42-5)17-13-22/h6-17,26-28H,18H2,1-5H3,(H,35,38). The molecule has 10 heteroatoms. The number of carbonyl (C=O) groups is 3. The van der Waals surface area contributed by atoms with Gasteiger partial charge in [-0.15, -0.1) is 0 Å². The minimum absolute atomic E-state index is 0.0680. The summed E-state index contributed by atoms with van der Waals surface area (Å²) in [4.78, 5) is 56.3. The Bertz CT molecular complexity index is 1800. The summed E-state index contributed by atoms with van der Waals surface area (Å²) < 4.78 is 6.62. The summed E-state index contributed by atoms with van der Waals surface area (Å²) in [6.07, 6.45) is 0. The molecule has 3 atom stereocenters. The van der Waals surface area contributed by atoms with Crippen LogP contribution in [0.3, 0.4) is 0 Å². The Morgan fingerprint density at radius 2 is 1.57 bits per heavy atom. The van der Waals surface area contributed by atoms with Crippen LogP contribution in [0.5, 0.6) is 5.75 Å². The maximum Gasteiger partial charge on any atom is 0.308 e. The first-order valence-electron chi connectivity index (χ1n) is 14.4. The molecule has 0 saturated carbocycles. The molecule has 1 aromatic heterocycles. The molecule has 3 aromatic carbocycles. The summed E-state index contributed by atoms with van der Waals surface area (Å²) in [5.41, 5.74) is 4.05. The van der Waals surface area contributed by atoms with E-state index in [4.69, 9.17) is 4.74 Å². The number of imide groups is 1. The first-order valence-corrected chi connectivity index (χ1v) is 16.0. The largest absolute Gasteiger partial charge is 0.497 e. The normalized spacial score (nSPS) is 19.5. The van der Waals surface area contributed by atoms with E-state index in [1.54, 1.807) is 43.5 Å². The Hall–Kier alpha value is -4.15. The number of ether oxygens (including phenoxy) is 1. The molecule has 1 saturated heterocycles. The second-order valence-electron chi connectivity index (χ2n) is 12.2. The molecule has 3 heterocycles. The third kappa shape index (κ3) is 5.37. The van der Waals surface area contributed by atoms with Crippen LogP contribution >= 0.6 is 23.1 Å². The molecule has 0 radical (unpaired) electrons. The number of hydrogen-bond donors (Lipinski definition) is 1. The van der Waals surface area contributed by atoms with Crippen molar-refractivity contribution >= 4 is 52.2 Å². The molecule has 2 aliphatic heterocycles. The van der Waals surface area contributed by atoms with Crippen molar-refractivity contribution in [2.24, 2.45) is 5.92 Å². The van der Waals surface area contributed by atoms with Gasteiger partial charge in [-0.1, -0.05) is 85.8 Å². The Morgan fingerprint density at radius 3 is 2.18 bits per heavy atom. The fraction of sp³-hybridized carbons (Fsp3) is 0.294. The molecular weight excluding hydrogens is 595 g/mol. The number of nitrogens with one attached hydrogen (secondary N) is 1. The quantitative estimate of drug-likeness (QED) is 0.265. The predicted octanol–water partition coefficient (Wildman–Crippen LogP) is 5.96. The lowest BCUT2D eigenvalue weighted by molar-refractivity contribution is -0.122. The number of methoxy groups -OCH3 is 1. The lowest BCUT2D eigenvalue weighted by Crippen LogP contribution is -2.33. The van der Waals surface area contributed by atoms with Crippen LogP contribution in [0, 0.1) is 12.8 Å². The zero-order chi connectivity index (χ0) is 31.3. The number of thioether (sulfide) groups is 1. The minimum Gasteiger partial charge on any atom is -0.497 e. The third-order valence-corrected chi connectivity index (χ3v) is 10.8. The highest BCUT2D eigenvalue weighted by molar-refractivity contribution is 8.00. The van der Waals surface area contributed by atoms with Crippen LogP contribution < -0.4 is 19.8 Å². The predicted molar refractivity (Wildman–Crippen MR) is 174 cm³/mol. The van der Waals surface area contributed by atoms with Crippen LogP contribution in [0.15, 0.2) is 82.6 Å². The summed E-state index contributed by atoms with van der Waals surface area (Å²) in [5.74, 6) is -1.52. The molecule has 2 aliphatic rings. The number of hydrogen-bond acceptors (Lipinski definition) is 7. The molecule has 3 amide bonds. The van der Waals surface area contributed by atoms with Crippen LogP contribution in [0.1, 0.15) is 48.3 Å². The summed E-state index contributed by atoms with van der Waals surface area (Å²) in [5, 5.41) is 2.65. The average molecular weight is 628 g/mol. The number of aromatic nitrogens is 1. The van der Waals surface area contributed by atoms with Gasteiger partial charge in [0.2, 0.25) is 17.7 Å². The van der Waals surface area contributed by atoms with Gasteiger partial charge in [-0.05, 0) is 59.9 Å². The number of thiazole rings is 1. The van der Waals surface area contributed by atoms with Crippen molar-refractivity contribution < 1.29 is 19.1 Å². The smallest absolute Gasteiger partial charge is 0.308 e. The fourth-order valence-corrected chi connectivity index (χ4v) is 8.54. The number of nitrogens with zero attached hydrogens (tertiary/aromatic N) is 2. The van der Waals surface area contributed by atoms with Crippen molar-refractivity contribution in [3.63, 3.8) is 0 Å². The van der Waals surface area contributed by atoms with Gasteiger partial charge >= 0.3 is 4.87 Å². The number of amides is 3. The van der Waals surface area contributed by atoms with Crippen LogP contribution in [0.2, 0.25) is 0 Å². The fourth-order valence-electron chi connectivity index (χ4n) is 5.77. The van der Waals surface area contributed by atoms with Crippen molar-refractivity contribution in [2.45, 2.75) is 55.8 Å². The maximum absolute atomic E-state index is 14.1. The zero-order valence-corrected chi connectivity index (χ0v) is 26.8. The molecular formula is C34H33N3O5S2. The molecule has 4 aromatic rings. The Kier molecular flexibility index (Phi) is 7.75. The summed E-state index contributed by atoms with van der Waals surface area (Å²) in [6, 6.07) is 22.4. The SMILES string of the molecule is COc1ccc(NC(=O)Cn2c3c(sc2=O)C(c2ccc(C(C)(C)C)cc2)C2C(=O)N(c4ccc(C)cc4)C(=O)C2S3)cc1. The Balaban J connectivity index is 1.40. The Morgan fingerprint density at radius 1 is 0.909 bits per heavy atom. The van der Waals surface area contributed by atoms with Gasteiger partial charge < -0.3 is 10.1 Å². The van der Waals surface area contributed by atoms with Gasteiger partial charge in [0.15, 0.2) is 0 Å². The number of benzene rings is 3. The molecule has 0 bridgehead atoms. The van der Waals surface area contributed by atoms with E-state index in [-0.39, 0.29) is 34.6 Å². The van der Waals surface area contributed by atoms with Crippen LogP contribution in [-0.4, -0.2) is 34.6 Å². The molecule has 0 aliphatic carbocycles. The second-order valence-corrected chi connectivity index (χ2v) is 14.3. The summed E-state index contributed by atoms with van der Waals surface area (Å²) in [7, 11) is 1.57. The number of carbonyl (C=O) groups excluding carboxylic acids is 3. The van der Waals surface area contributed by atoms with E-state index in [9.17, 15) is 19.2 Å². The lowest BCUT2D eigenvalue weighted by atomic mass is 9.81.